The summed E-state index contributed by atoms with van der Waals surface area (Å²) in [7, 11) is 0. The van der Waals surface area contributed by atoms with Gasteiger partial charge in [0.05, 0.1) is 11.8 Å². The topological polar surface area (TPSA) is 43.4 Å². The smallest absolute Gasteiger partial charge is 0.344 e. The summed E-state index contributed by atoms with van der Waals surface area (Å²) in [5.74, 6) is 0. The molecule has 0 aliphatic carbocycles. The van der Waals surface area contributed by atoms with Crippen molar-refractivity contribution in [3.8, 4) is 11.1 Å². The molecule has 5 aromatic rings. The van der Waals surface area contributed by atoms with Gasteiger partial charge in [-0.1, -0.05) is 48.5 Å². The van der Waals surface area contributed by atoms with Gasteiger partial charge in [-0.3, -0.25) is 0 Å². The maximum absolute atomic E-state index is 12.5. The Bertz CT molecular complexity index is 1270. The maximum Gasteiger partial charge on any atom is 0.344 e. The predicted molar refractivity (Wildman–Crippen MR) is 95.2 cm³/mol. The Kier molecular flexibility index (Phi) is 2.65. The molecular formula is C21H12O3. The molecule has 114 valence electrons. The highest BCUT2D eigenvalue weighted by molar-refractivity contribution is 6.13. The third-order valence-corrected chi connectivity index (χ3v) is 4.40. The van der Waals surface area contributed by atoms with E-state index in [0.29, 0.717) is 11.1 Å². The van der Waals surface area contributed by atoms with Crippen molar-refractivity contribution < 1.29 is 8.83 Å². The van der Waals surface area contributed by atoms with Crippen LogP contribution in [-0.4, -0.2) is 0 Å². The molecule has 24 heavy (non-hydrogen) atoms. The van der Waals surface area contributed by atoms with E-state index < -0.39 is 0 Å². The fourth-order valence-corrected chi connectivity index (χ4v) is 3.26. The Labute approximate surface area is 136 Å². The molecule has 5 rings (SSSR count). The van der Waals surface area contributed by atoms with Crippen molar-refractivity contribution in [2.24, 2.45) is 0 Å². The minimum atomic E-state index is -0.357. The zero-order valence-electron chi connectivity index (χ0n) is 12.7. The SMILES string of the molecule is O=c1oc2ccccc2cc1-c1coc2ccc3ccccc3c12. The van der Waals surface area contributed by atoms with Crippen molar-refractivity contribution in [2.75, 3.05) is 0 Å². The van der Waals surface area contributed by atoms with Gasteiger partial charge >= 0.3 is 5.63 Å². The van der Waals surface area contributed by atoms with Gasteiger partial charge in [-0.25, -0.2) is 4.79 Å². The second kappa shape index (κ2) is 4.83. The van der Waals surface area contributed by atoms with E-state index >= 15 is 0 Å². The summed E-state index contributed by atoms with van der Waals surface area (Å²) in [4.78, 5) is 12.5. The van der Waals surface area contributed by atoms with Gasteiger partial charge in [0.2, 0.25) is 0 Å². The van der Waals surface area contributed by atoms with Crippen molar-refractivity contribution in [2.45, 2.75) is 0 Å². The second-order valence-electron chi connectivity index (χ2n) is 5.79. The molecule has 0 fully saturated rings. The minimum absolute atomic E-state index is 0.357. The summed E-state index contributed by atoms with van der Waals surface area (Å²) in [6.07, 6.45) is 1.64. The monoisotopic (exact) mass is 312 g/mol. The van der Waals surface area contributed by atoms with Gasteiger partial charge in [0.25, 0.3) is 0 Å². The number of rotatable bonds is 1. The first-order valence-electron chi connectivity index (χ1n) is 7.73. The van der Waals surface area contributed by atoms with Crippen LogP contribution in [0.1, 0.15) is 0 Å². The maximum atomic E-state index is 12.5. The molecule has 3 aromatic carbocycles. The Balaban J connectivity index is 1.91. The van der Waals surface area contributed by atoms with Gasteiger partial charge in [-0.2, -0.15) is 0 Å². The predicted octanol–water partition coefficient (Wildman–Crippen LogP) is 5.36. The molecule has 0 bridgehead atoms. The van der Waals surface area contributed by atoms with Crippen LogP contribution in [0.2, 0.25) is 0 Å². The highest BCUT2D eigenvalue weighted by Crippen LogP contribution is 2.35. The van der Waals surface area contributed by atoms with E-state index in [1.54, 1.807) is 12.3 Å². The number of benzene rings is 3. The lowest BCUT2D eigenvalue weighted by molar-refractivity contribution is 0.563. The molecule has 0 N–H and O–H groups in total. The number of furan rings is 1. The molecule has 0 aliphatic heterocycles. The number of fused-ring (bicyclic) bond motifs is 4. The Hall–Kier alpha value is -3.33. The van der Waals surface area contributed by atoms with E-state index in [9.17, 15) is 4.79 Å². The molecule has 0 radical (unpaired) electrons. The molecule has 0 saturated heterocycles. The summed E-state index contributed by atoms with van der Waals surface area (Å²) < 4.78 is 11.2. The largest absolute Gasteiger partial charge is 0.464 e. The average Bonchev–Trinajstić information content (AvgIpc) is 3.05. The second-order valence-corrected chi connectivity index (χ2v) is 5.79. The van der Waals surface area contributed by atoms with Gasteiger partial charge in [0, 0.05) is 16.3 Å². The van der Waals surface area contributed by atoms with Crippen LogP contribution >= 0.6 is 0 Å². The van der Waals surface area contributed by atoms with E-state index in [0.717, 1.165) is 32.7 Å². The molecule has 2 aromatic heterocycles. The van der Waals surface area contributed by atoms with Crippen molar-refractivity contribution in [1.82, 2.24) is 0 Å². The first-order valence-corrected chi connectivity index (χ1v) is 7.73. The first-order chi connectivity index (χ1) is 11.8. The fraction of sp³-hybridized carbons (Fsp3) is 0. The number of para-hydroxylation sites is 1. The van der Waals surface area contributed by atoms with Crippen LogP contribution in [0.5, 0.6) is 0 Å². The normalized spacial score (nSPS) is 11.5. The van der Waals surface area contributed by atoms with Crippen LogP contribution in [0.15, 0.2) is 86.6 Å². The average molecular weight is 312 g/mol. The highest BCUT2D eigenvalue weighted by Gasteiger charge is 2.15. The highest BCUT2D eigenvalue weighted by atomic mass is 16.4. The van der Waals surface area contributed by atoms with Gasteiger partial charge in [0.15, 0.2) is 0 Å². The first kappa shape index (κ1) is 13.1. The Morgan fingerprint density at radius 2 is 1.50 bits per heavy atom. The van der Waals surface area contributed by atoms with Crippen molar-refractivity contribution in [3.63, 3.8) is 0 Å². The molecular weight excluding hydrogens is 300 g/mol. The minimum Gasteiger partial charge on any atom is -0.464 e. The van der Waals surface area contributed by atoms with Crippen LogP contribution in [0.4, 0.5) is 0 Å². The van der Waals surface area contributed by atoms with Gasteiger partial charge < -0.3 is 8.83 Å². The molecule has 2 heterocycles. The Morgan fingerprint density at radius 3 is 2.42 bits per heavy atom. The summed E-state index contributed by atoms with van der Waals surface area (Å²) in [6.45, 7) is 0. The van der Waals surface area contributed by atoms with Crippen LogP contribution in [0, 0.1) is 0 Å². The van der Waals surface area contributed by atoms with E-state index in [-0.39, 0.29) is 5.63 Å². The zero-order valence-corrected chi connectivity index (χ0v) is 12.7. The molecule has 0 unspecified atom stereocenters. The number of hydrogen-bond acceptors (Lipinski definition) is 3. The van der Waals surface area contributed by atoms with Crippen LogP contribution in [-0.2, 0) is 0 Å². The molecule has 0 saturated carbocycles. The third kappa shape index (κ3) is 1.82. The van der Waals surface area contributed by atoms with Crippen molar-refractivity contribution >= 4 is 32.7 Å². The van der Waals surface area contributed by atoms with E-state index in [1.807, 2.05) is 54.6 Å². The van der Waals surface area contributed by atoms with Crippen molar-refractivity contribution in [1.29, 1.82) is 0 Å². The fourth-order valence-electron chi connectivity index (χ4n) is 3.26. The standard InChI is InChI=1S/C21H12O3/c22-21-16(11-14-6-2-4-8-18(14)24-21)17-12-23-19-10-9-13-5-1-3-7-15(13)20(17)19/h1-12H. The van der Waals surface area contributed by atoms with E-state index in [2.05, 4.69) is 6.07 Å². The van der Waals surface area contributed by atoms with Crippen LogP contribution < -0.4 is 5.63 Å². The molecule has 0 spiro atoms. The molecule has 0 amide bonds. The lowest BCUT2D eigenvalue weighted by Crippen LogP contribution is -2.02. The van der Waals surface area contributed by atoms with Gasteiger partial charge in [-0.05, 0) is 29.0 Å². The van der Waals surface area contributed by atoms with Gasteiger partial charge in [-0.15, -0.1) is 0 Å². The quantitative estimate of drug-likeness (QED) is 0.391. The summed E-state index contributed by atoms with van der Waals surface area (Å²) in [5.41, 5.74) is 2.27. The molecule has 0 aliphatic rings. The summed E-state index contributed by atoms with van der Waals surface area (Å²) in [5, 5.41) is 4.00. The lowest BCUT2D eigenvalue weighted by atomic mass is 10.00. The summed E-state index contributed by atoms with van der Waals surface area (Å²) >= 11 is 0. The summed E-state index contributed by atoms with van der Waals surface area (Å²) in [6, 6.07) is 21.4. The number of hydrogen-bond donors (Lipinski definition) is 0. The molecule has 0 atom stereocenters. The lowest BCUT2D eigenvalue weighted by Gasteiger charge is -2.03. The third-order valence-electron chi connectivity index (χ3n) is 4.40. The van der Waals surface area contributed by atoms with Crippen LogP contribution in [0.3, 0.4) is 0 Å². The van der Waals surface area contributed by atoms with Crippen LogP contribution in [0.25, 0.3) is 43.8 Å². The zero-order chi connectivity index (χ0) is 16.1. The van der Waals surface area contributed by atoms with E-state index in [1.165, 1.54) is 0 Å². The van der Waals surface area contributed by atoms with Gasteiger partial charge in [0.1, 0.15) is 11.2 Å². The van der Waals surface area contributed by atoms with E-state index in [4.69, 9.17) is 8.83 Å². The van der Waals surface area contributed by atoms with Crippen molar-refractivity contribution in [3.05, 3.63) is 83.4 Å². The molecule has 3 nitrogen and oxygen atoms in total. The Morgan fingerprint density at radius 1 is 0.708 bits per heavy atom. The molecule has 3 heteroatoms.